The Balaban J connectivity index is 2.70. The van der Waals surface area contributed by atoms with Crippen LogP contribution in [0.1, 0.15) is 20.3 Å². The van der Waals surface area contributed by atoms with Gasteiger partial charge >= 0.3 is 0 Å². The minimum absolute atomic E-state index is 0.0122. The van der Waals surface area contributed by atoms with E-state index in [1.54, 1.807) is 0 Å². The highest BCUT2D eigenvalue weighted by Crippen LogP contribution is 2.36. The van der Waals surface area contributed by atoms with Gasteiger partial charge in [0.05, 0.1) is 0 Å². The van der Waals surface area contributed by atoms with E-state index in [0.29, 0.717) is 0 Å². The van der Waals surface area contributed by atoms with Gasteiger partial charge in [0.2, 0.25) is 0 Å². The summed E-state index contributed by atoms with van der Waals surface area (Å²) in [5.41, 5.74) is 6.13. The van der Waals surface area contributed by atoms with Crippen molar-refractivity contribution in [2.45, 2.75) is 31.1 Å². The Morgan fingerprint density at radius 3 is 2.40 bits per heavy atom. The average molecular weight is 140 g/mol. The van der Waals surface area contributed by atoms with Crippen LogP contribution in [-0.4, -0.2) is 26.5 Å². The van der Waals surface area contributed by atoms with Gasteiger partial charge in [-0.25, -0.2) is 0 Å². The van der Waals surface area contributed by atoms with E-state index < -0.39 is 0 Å². The first-order valence-electron chi connectivity index (χ1n) is 3.95. The predicted molar refractivity (Wildman–Crippen MR) is 47.0 cm³/mol. The second-order valence-electron chi connectivity index (χ2n) is 4.23. The molecule has 2 atom stereocenters. The second kappa shape index (κ2) is 2.24. The molecule has 1 rings (SSSR count). The van der Waals surface area contributed by atoms with Crippen molar-refractivity contribution in [3.63, 3.8) is 0 Å². The molecule has 3 N–H and O–H groups in total. The fourth-order valence-corrected chi connectivity index (χ4v) is 1.29. The van der Waals surface area contributed by atoms with E-state index in [9.17, 15) is 0 Å². The monoisotopic (exact) mass is 140 g/mol. The predicted octanol–water partition coefficient (Wildman–Crippen LogP) is -0.491. The summed E-state index contributed by atoms with van der Waals surface area (Å²) in [5, 5.41) is 3.59. The Morgan fingerprint density at radius 2 is 2.10 bits per heavy atom. The lowest BCUT2D eigenvalue weighted by molar-refractivity contribution is 0.259. The molecule has 0 aromatic rings. The first-order chi connectivity index (χ1) is 4.46. The van der Waals surface area contributed by atoms with Crippen molar-refractivity contribution in [3.05, 3.63) is 0 Å². The average Bonchev–Trinajstić information content (AvgIpc) is 1.77. The Bertz CT molecular complexity index is 116. The van der Waals surface area contributed by atoms with Crippen LogP contribution in [0.3, 0.4) is 0 Å². The third-order valence-corrected chi connectivity index (χ3v) is 2.93. The normalized spacial score (nSPS) is 49.1. The van der Waals surface area contributed by atoms with Gasteiger partial charge in [-0.15, -0.1) is 0 Å². The van der Waals surface area contributed by atoms with E-state index in [1.165, 1.54) is 0 Å². The van der Waals surface area contributed by atoms with Crippen molar-refractivity contribution in [1.29, 1.82) is 0 Å². The fourth-order valence-electron chi connectivity index (χ4n) is 1.29. The molecule has 0 aromatic heterocycles. The highest BCUT2D eigenvalue weighted by Gasteiger charge is 2.39. The molecule has 3 heteroatoms. The van der Waals surface area contributed by atoms with Crippen LogP contribution in [0.4, 0.5) is 0 Å². The molecule has 2 unspecified atom stereocenters. The maximum atomic E-state index is 6.12. The van der Waals surface area contributed by atoms with E-state index in [-0.39, 0.29) is 10.9 Å². The zero-order valence-corrected chi connectivity index (χ0v) is 7.20. The summed E-state index contributed by atoms with van der Waals surface area (Å²) in [5.74, 6) is 0. The molecule has 1 aliphatic rings. The first-order valence-corrected chi connectivity index (χ1v) is 3.95. The zero-order valence-electron chi connectivity index (χ0n) is 7.20. The van der Waals surface area contributed by atoms with Crippen LogP contribution in [0, 0.1) is 0 Å². The molecule has 0 saturated carbocycles. The molecule has 2 nitrogen and oxygen atoms in total. The molecule has 0 spiro atoms. The summed E-state index contributed by atoms with van der Waals surface area (Å²) in [7, 11) is 2.22. The SMILES string of the molecule is BC1(C)CNCCC1(C)N. The van der Waals surface area contributed by atoms with Gasteiger partial charge in [-0.3, -0.25) is 0 Å². The van der Waals surface area contributed by atoms with Gasteiger partial charge in [0, 0.05) is 5.54 Å². The summed E-state index contributed by atoms with van der Waals surface area (Å²) in [6.07, 6.45) is 1.08. The number of nitrogens with two attached hydrogens (primary N) is 1. The van der Waals surface area contributed by atoms with E-state index in [4.69, 9.17) is 5.73 Å². The van der Waals surface area contributed by atoms with E-state index in [1.807, 2.05) is 0 Å². The highest BCUT2D eigenvalue weighted by molar-refractivity contribution is 6.16. The summed E-state index contributed by atoms with van der Waals surface area (Å²) < 4.78 is 0. The van der Waals surface area contributed by atoms with Crippen LogP contribution in [0.15, 0.2) is 0 Å². The second-order valence-corrected chi connectivity index (χ2v) is 4.23. The van der Waals surface area contributed by atoms with Crippen molar-refractivity contribution in [3.8, 4) is 0 Å². The number of nitrogens with one attached hydrogen (secondary N) is 1. The lowest BCUT2D eigenvalue weighted by Crippen LogP contribution is -2.57. The van der Waals surface area contributed by atoms with E-state index in [0.717, 1.165) is 19.5 Å². The summed E-state index contributed by atoms with van der Waals surface area (Å²) >= 11 is 0. The maximum Gasteiger partial charge on any atom is 0.113 e. The first kappa shape index (κ1) is 8.09. The standard InChI is InChI=1S/C7H17BN2/c1-6(8)5-10-4-3-7(6,2)9/h10H,3-5,8-9H2,1-2H3. The van der Waals surface area contributed by atoms with Gasteiger partial charge in [0.15, 0.2) is 0 Å². The zero-order chi connectivity index (χ0) is 7.83. The highest BCUT2D eigenvalue weighted by atomic mass is 14.9. The molecule has 1 fully saturated rings. The van der Waals surface area contributed by atoms with Crippen molar-refractivity contribution >= 4 is 7.85 Å². The maximum absolute atomic E-state index is 6.12. The van der Waals surface area contributed by atoms with Crippen LogP contribution in [-0.2, 0) is 0 Å². The van der Waals surface area contributed by atoms with Crippen molar-refractivity contribution in [2.75, 3.05) is 13.1 Å². The molecule has 58 valence electrons. The summed E-state index contributed by atoms with van der Waals surface area (Å²) in [6.45, 7) is 6.48. The quantitative estimate of drug-likeness (QED) is 0.445. The lowest BCUT2D eigenvalue weighted by atomic mass is 9.56. The molecule has 0 radical (unpaired) electrons. The van der Waals surface area contributed by atoms with E-state index in [2.05, 4.69) is 27.0 Å². The summed E-state index contributed by atoms with van der Waals surface area (Å²) in [6, 6.07) is 0. The van der Waals surface area contributed by atoms with Crippen LogP contribution in [0.5, 0.6) is 0 Å². The molecule has 1 saturated heterocycles. The van der Waals surface area contributed by atoms with Crippen LogP contribution in [0.25, 0.3) is 0 Å². The molecule has 1 heterocycles. The number of hydrogen-bond donors (Lipinski definition) is 2. The fraction of sp³-hybridized carbons (Fsp3) is 1.00. The smallest absolute Gasteiger partial charge is 0.113 e. The molecule has 10 heavy (non-hydrogen) atoms. The van der Waals surface area contributed by atoms with Gasteiger partial charge in [-0.1, -0.05) is 6.92 Å². The molecular weight excluding hydrogens is 123 g/mol. The number of hydrogen-bond acceptors (Lipinski definition) is 2. The van der Waals surface area contributed by atoms with Gasteiger partial charge < -0.3 is 11.1 Å². The van der Waals surface area contributed by atoms with Crippen LogP contribution >= 0.6 is 0 Å². The van der Waals surface area contributed by atoms with Gasteiger partial charge in [0.25, 0.3) is 0 Å². The topological polar surface area (TPSA) is 38.0 Å². The van der Waals surface area contributed by atoms with Gasteiger partial charge in [-0.2, -0.15) is 0 Å². The van der Waals surface area contributed by atoms with Gasteiger partial charge in [-0.05, 0) is 31.7 Å². The van der Waals surface area contributed by atoms with Crippen LogP contribution in [0.2, 0.25) is 5.31 Å². The Labute approximate surface area is 64.0 Å². The third kappa shape index (κ3) is 1.20. The largest absolute Gasteiger partial charge is 0.325 e. The Morgan fingerprint density at radius 1 is 1.50 bits per heavy atom. The summed E-state index contributed by atoms with van der Waals surface area (Å²) in [4.78, 5) is 0. The van der Waals surface area contributed by atoms with Crippen LogP contribution < -0.4 is 11.1 Å². The third-order valence-electron chi connectivity index (χ3n) is 2.93. The molecule has 0 aliphatic carbocycles. The van der Waals surface area contributed by atoms with Gasteiger partial charge in [0.1, 0.15) is 7.85 Å². The molecule has 0 bridgehead atoms. The number of rotatable bonds is 0. The number of piperidine rings is 1. The molecule has 0 amide bonds. The molecular formula is C7H17BN2. The Kier molecular flexibility index (Phi) is 1.81. The van der Waals surface area contributed by atoms with Crippen molar-refractivity contribution < 1.29 is 0 Å². The van der Waals surface area contributed by atoms with E-state index >= 15 is 0 Å². The minimum atomic E-state index is 0.0122. The van der Waals surface area contributed by atoms with Crippen molar-refractivity contribution in [1.82, 2.24) is 5.32 Å². The Hall–Kier alpha value is -0.0151. The molecule has 1 aliphatic heterocycles. The van der Waals surface area contributed by atoms with Crippen molar-refractivity contribution in [2.24, 2.45) is 5.73 Å². The lowest BCUT2D eigenvalue weighted by Gasteiger charge is -2.45. The molecule has 0 aromatic carbocycles. The minimum Gasteiger partial charge on any atom is -0.325 e.